The average molecular weight is 261 g/mol. The highest BCUT2D eigenvalue weighted by molar-refractivity contribution is 5.82. The van der Waals surface area contributed by atoms with Crippen molar-refractivity contribution >= 4 is 5.91 Å². The average Bonchev–Trinajstić information content (AvgIpc) is 2.40. The Morgan fingerprint density at radius 1 is 1.53 bits per heavy atom. The molecule has 0 bridgehead atoms. The van der Waals surface area contributed by atoms with E-state index in [1.54, 1.807) is 6.20 Å². The van der Waals surface area contributed by atoms with E-state index in [1.807, 2.05) is 17.2 Å². The molecule has 4 nitrogen and oxygen atoms in total. The van der Waals surface area contributed by atoms with Crippen LogP contribution in [0.2, 0.25) is 0 Å². The van der Waals surface area contributed by atoms with Crippen LogP contribution in [0.1, 0.15) is 32.3 Å². The number of carbonyl (C=O) groups excluding carboxylic acids is 1. The van der Waals surface area contributed by atoms with Crippen LogP contribution in [0.5, 0.6) is 0 Å². The summed E-state index contributed by atoms with van der Waals surface area (Å²) in [6.07, 6.45) is 6.58. The molecule has 1 unspecified atom stereocenters. The number of pyridine rings is 1. The van der Waals surface area contributed by atoms with Crippen molar-refractivity contribution in [3.05, 3.63) is 30.1 Å². The summed E-state index contributed by atoms with van der Waals surface area (Å²) in [5, 5.41) is 3.36. The number of piperidine rings is 1. The van der Waals surface area contributed by atoms with Gasteiger partial charge in [0, 0.05) is 31.5 Å². The van der Waals surface area contributed by atoms with Gasteiger partial charge in [0.15, 0.2) is 0 Å². The molecule has 0 aromatic carbocycles. The maximum absolute atomic E-state index is 12.3. The summed E-state index contributed by atoms with van der Waals surface area (Å²) in [4.78, 5) is 18.4. The van der Waals surface area contributed by atoms with Crippen LogP contribution in [-0.2, 0) is 11.2 Å². The molecule has 4 heteroatoms. The Morgan fingerprint density at radius 2 is 2.37 bits per heavy atom. The van der Waals surface area contributed by atoms with Crippen molar-refractivity contribution in [2.75, 3.05) is 13.1 Å². The first-order chi connectivity index (χ1) is 9.16. The van der Waals surface area contributed by atoms with Crippen molar-refractivity contribution in [2.45, 2.75) is 45.2 Å². The number of rotatable bonds is 5. The zero-order valence-corrected chi connectivity index (χ0v) is 11.8. The van der Waals surface area contributed by atoms with Crippen LogP contribution in [0.15, 0.2) is 24.5 Å². The van der Waals surface area contributed by atoms with Crippen LogP contribution < -0.4 is 5.32 Å². The number of hydrogen-bond donors (Lipinski definition) is 1. The molecular weight excluding hydrogens is 238 g/mol. The molecule has 1 atom stereocenters. The largest absolute Gasteiger partial charge is 0.341 e. The lowest BCUT2D eigenvalue weighted by Crippen LogP contribution is -2.52. The van der Waals surface area contributed by atoms with Crippen LogP contribution in [0, 0.1) is 0 Å². The van der Waals surface area contributed by atoms with Gasteiger partial charge in [0.1, 0.15) is 0 Å². The van der Waals surface area contributed by atoms with E-state index < -0.39 is 0 Å². The minimum absolute atomic E-state index is 0.00245. The summed E-state index contributed by atoms with van der Waals surface area (Å²) in [6.45, 7) is 5.85. The van der Waals surface area contributed by atoms with E-state index in [1.165, 1.54) is 5.56 Å². The quantitative estimate of drug-likeness (QED) is 0.876. The molecule has 0 radical (unpaired) electrons. The van der Waals surface area contributed by atoms with E-state index in [9.17, 15) is 4.79 Å². The molecular formula is C15H23N3O. The zero-order chi connectivity index (χ0) is 13.7. The highest BCUT2D eigenvalue weighted by Crippen LogP contribution is 2.13. The first-order valence-electron chi connectivity index (χ1n) is 7.10. The molecule has 1 aliphatic rings. The summed E-state index contributed by atoms with van der Waals surface area (Å²) >= 11 is 0. The number of likely N-dealkylation sites (tertiary alicyclic amines) is 1. The monoisotopic (exact) mass is 261 g/mol. The fraction of sp³-hybridized carbons (Fsp3) is 0.600. The minimum Gasteiger partial charge on any atom is -0.341 e. The van der Waals surface area contributed by atoms with Crippen molar-refractivity contribution in [1.29, 1.82) is 0 Å². The minimum atomic E-state index is 0.00245. The van der Waals surface area contributed by atoms with Crippen molar-refractivity contribution in [2.24, 2.45) is 0 Å². The zero-order valence-electron chi connectivity index (χ0n) is 11.8. The van der Waals surface area contributed by atoms with Gasteiger partial charge in [-0.3, -0.25) is 9.78 Å². The molecule has 1 saturated heterocycles. The summed E-state index contributed by atoms with van der Waals surface area (Å²) in [7, 11) is 0. The predicted octanol–water partition coefficient (Wildman–Crippen LogP) is 1.61. The van der Waals surface area contributed by atoms with Gasteiger partial charge in [-0.2, -0.15) is 0 Å². The fourth-order valence-electron chi connectivity index (χ4n) is 2.53. The van der Waals surface area contributed by atoms with E-state index in [-0.39, 0.29) is 11.9 Å². The molecule has 1 aliphatic heterocycles. The van der Waals surface area contributed by atoms with Gasteiger partial charge in [-0.1, -0.05) is 19.9 Å². The third kappa shape index (κ3) is 4.03. The SMILES string of the molecule is CC(C)NC1CCCN(CCc2cccnc2)C1=O. The highest BCUT2D eigenvalue weighted by Gasteiger charge is 2.28. The second-order valence-electron chi connectivity index (χ2n) is 5.45. The molecule has 1 N–H and O–H groups in total. The Balaban J connectivity index is 1.87. The van der Waals surface area contributed by atoms with Gasteiger partial charge < -0.3 is 10.2 Å². The lowest BCUT2D eigenvalue weighted by atomic mass is 10.0. The van der Waals surface area contributed by atoms with Crippen LogP contribution in [0.25, 0.3) is 0 Å². The van der Waals surface area contributed by atoms with Crippen molar-refractivity contribution in [1.82, 2.24) is 15.2 Å². The Bertz CT molecular complexity index is 405. The highest BCUT2D eigenvalue weighted by atomic mass is 16.2. The molecule has 0 spiro atoms. The Hall–Kier alpha value is -1.42. The lowest BCUT2D eigenvalue weighted by molar-refractivity contribution is -0.136. The van der Waals surface area contributed by atoms with Crippen LogP contribution >= 0.6 is 0 Å². The Kier molecular flexibility index (Phi) is 4.91. The topological polar surface area (TPSA) is 45.2 Å². The first kappa shape index (κ1) is 14.0. The van der Waals surface area contributed by atoms with Gasteiger partial charge in [0.25, 0.3) is 0 Å². The van der Waals surface area contributed by atoms with Gasteiger partial charge in [-0.25, -0.2) is 0 Å². The third-order valence-electron chi connectivity index (χ3n) is 3.46. The summed E-state index contributed by atoms with van der Waals surface area (Å²) in [5.74, 6) is 0.254. The number of hydrogen-bond acceptors (Lipinski definition) is 3. The molecule has 1 aromatic heterocycles. The predicted molar refractivity (Wildman–Crippen MR) is 75.8 cm³/mol. The third-order valence-corrected chi connectivity index (χ3v) is 3.46. The number of aromatic nitrogens is 1. The molecule has 2 heterocycles. The van der Waals surface area contributed by atoms with Crippen molar-refractivity contribution in [3.8, 4) is 0 Å². The first-order valence-corrected chi connectivity index (χ1v) is 7.10. The van der Waals surface area contributed by atoms with Crippen molar-refractivity contribution < 1.29 is 4.79 Å². The van der Waals surface area contributed by atoms with Crippen LogP contribution in [-0.4, -0.2) is 41.0 Å². The molecule has 0 aliphatic carbocycles. The summed E-state index contributed by atoms with van der Waals surface area (Å²) in [5.41, 5.74) is 1.19. The van der Waals surface area contributed by atoms with Gasteiger partial charge in [0.05, 0.1) is 6.04 Å². The second kappa shape index (κ2) is 6.66. The van der Waals surface area contributed by atoms with E-state index in [0.717, 1.165) is 32.4 Å². The van der Waals surface area contributed by atoms with E-state index in [2.05, 4.69) is 30.2 Å². The normalized spacial score (nSPS) is 20.1. The van der Waals surface area contributed by atoms with Gasteiger partial charge >= 0.3 is 0 Å². The Morgan fingerprint density at radius 3 is 3.05 bits per heavy atom. The molecule has 104 valence electrons. The number of carbonyl (C=O) groups is 1. The van der Waals surface area contributed by atoms with Crippen LogP contribution in [0.4, 0.5) is 0 Å². The number of nitrogens with one attached hydrogen (secondary N) is 1. The number of nitrogens with zero attached hydrogens (tertiary/aromatic N) is 2. The van der Waals surface area contributed by atoms with E-state index >= 15 is 0 Å². The molecule has 1 amide bonds. The standard InChI is InChI=1S/C15H23N3O/c1-12(2)17-14-6-4-9-18(15(14)19)10-7-13-5-3-8-16-11-13/h3,5,8,11-12,14,17H,4,6-7,9-10H2,1-2H3. The molecule has 0 saturated carbocycles. The van der Waals surface area contributed by atoms with E-state index in [4.69, 9.17) is 0 Å². The second-order valence-corrected chi connectivity index (χ2v) is 5.45. The van der Waals surface area contributed by atoms with Gasteiger partial charge in [0.2, 0.25) is 5.91 Å². The lowest BCUT2D eigenvalue weighted by Gasteiger charge is -2.33. The van der Waals surface area contributed by atoms with Gasteiger partial charge in [-0.05, 0) is 30.9 Å². The van der Waals surface area contributed by atoms with Crippen molar-refractivity contribution in [3.63, 3.8) is 0 Å². The number of amides is 1. The molecule has 1 fully saturated rings. The molecule has 1 aromatic rings. The van der Waals surface area contributed by atoms with Crippen LogP contribution in [0.3, 0.4) is 0 Å². The summed E-state index contributed by atoms with van der Waals surface area (Å²) in [6, 6.07) is 4.36. The molecule has 19 heavy (non-hydrogen) atoms. The fourth-order valence-corrected chi connectivity index (χ4v) is 2.53. The van der Waals surface area contributed by atoms with E-state index in [0.29, 0.717) is 6.04 Å². The maximum Gasteiger partial charge on any atom is 0.239 e. The smallest absolute Gasteiger partial charge is 0.239 e. The summed E-state index contributed by atoms with van der Waals surface area (Å²) < 4.78 is 0. The van der Waals surface area contributed by atoms with Gasteiger partial charge in [-0.15, -0.1) is 0 Å². The molecule has 2 rings (SSSR count). The Labute approximate surface area is 115 Å². The maximum atomic E-state index is 12.3.